The largest absolute Gasteiger partial charge is 0.494 e. The van der Waals surface area contributed by atoms with Crippen LogP contribution in [0.1, 0.15) is 10.6 Å². The number of ether oxygens (including phenoxy) is 1. The molecule has 0 aliphatic heterocycles. The Morgan fingerprint density at radius 1 is 1.44 bits per heavy atom. The van der Waals surface area contributed by atoms with Crippen LogP contribution in [0.15, 0.2) is 23.7 Å². The Morgan fingerprint density at radius 2 is 2.28 bits per heavy atom. The highest BCUT2D eigenvalue weighted by molar-refractivity contribution is 7.09. The number of nitrogens with zero attached hydrogens (tertiary/aromatic N) is 1. The molecule has 1 heterocycles. The summed E-state index contributed by atoms with van der Waals surface area (Å²) >= 11 is 1.66. The van der Waals surface area contributed by atoms with Gasteiger partial charge in [0.15, 0.2) is 11.6 Å². The zero-order chi connectivity index (χ0) is 13.0. The van der Waals surface area contributed by atoms with E-state index in [0.717, 1.165) is 24.3 Å². The van der Waals surface area contributed by atoms with Crippen LogP contribution in [-0.2, 0) is 6.42 Å². The van der Waals surface area contributed by atoms with Crippen molar-refractivity contribution in [2.45, 2.75) is 13.3 Å². The van der Waals surface area contributed by atoms with Crippen LogP contribution < -0.4 is 10.1 Å². The Hall–Kier alpha value is -1.62. The summed E-state index contributed by atoms with van der Waals surface area (Å²) in [7, 11) is 1.46. The lowest BCUT2D eigenvalue weighted by Gasteiger charge is -2.08. The van der Waals surface area contributed by atoms with Crippen molar-refractivity contribution in [3.05, 3.63) is 40.1 Å². The van der Waals surface area contributed by atoms with Crippen molar-refractivity contribution >= 4 is 17.0 Å². The number of aryl methyl sites for hydroxylation is 1. The number of rotatable bonds is 5. The SMILES string of the molecule is COc1cc(NCCc2scnc2C)ccc1F. The summed E-state index contributed by atoms with van der Waals surface area (Å²) in [6.45, 7) is 2.80. The number of aromatic nitrogens is 1. The Morgan fingerprint density at radius 3 is 2.94 bits per heavy atom. The van der Waals surface area contributed by atoms with Crippen LogP contribution in [0.25, 0.3) is 0 Å². The van der Waals surface area contributed by atoms with E-state index < -0.39 is 0 Å². The maximum Gasteiger partial charge on any atom is 0.165 e. The van der Waals surface area contributed by atoms with Gasteiger partial charge in [0.25, 0.3) is 0 Å². The topological polar surface area (TPSA) is 34.1 Å². The molecule has 0 atom stereocenters. The number of nitrogens with one attached hydrogen (secondary N) is 1. The van der Waals surface area contributed by atoms with Crippen LogP contribution in [-0.4, -0.2) is 18.6 Å². The summed E-state index contributed by atoms with van der Waals surface area (Å²) in [6, 6.07) is 4.77. The van der Waals surface area contributed by atoms with Gasteiger partial charge >= 0.3 is 0 Å². The maximum absolute atomic E-state index is 13.2. The molecule has 0 fully saturated rings. The zero-order valence-corrected chi connectivity index (χ0v) is 11.2. The number of halogens is 1. The molecule has 2 rings (SSSR count). The highest BCUT2D eigenvalue weighted by Gasteiger charge is 2.04. The Balaban J connectivity index is 1.92. The molecule has 1 aromatic heterocycles. The molecule has 2 aromatic rings. The third-order valence-electron chi connectivity index (χ3n) is 2.68. The minimum atomic E-state index is -0.346. The summed E-state index contributed by atoms with van der Waals surface area (Å²) in [4.78, 5) is 5.48. The van der Waals surface area contributed by atoms with Crippen molar-refractivity contribution in [2.75, 3.05) is 19.0 Å². The summed E-state index contributed by atoms with van der Waals surface area (Å²) in [5.41, 5.74) is 3.79. The lowest BCUT2D eigenvalue weighted by molar-refractivity contribution is 0.387. The number of anilines is 1. The van der Waals surface area contributed by atoms with Gasteiger partial charge in [0.2, 0.25) is 0 Å². The number of methoxy groups -OCH3 is 1. The van der Waals surface area contributed by atoms with Crippen molar-refractivity contribution in [1.82, 2.24) is 4.98 Å². The first-order valence-corrected chi connectivity index (χ1v) is 6.55. The third kappa shape index (κ3) is 2.98. The standard InChI is InChI=1S/C13H15FN2OS/c1-9-13(18-8-16-9)5-6-15-10-3-4-11(14)12(7-10)17-2/h3-4,7-8,15H,5-6H2,1-2H3. The molecule has 0 bridgehead atoms. The third-order valence-corrected chi connectivity index (χ3v) is 3.67. The van der Waals surface area contributed by atoms with Crippen LogP contribution in [0, 0.1) is 12.7 Å². The second-order valence-corrected chi connectivity index (χ2v) is 4.83. The average molecular weight is 266 g/mol. The van der Waals surface area contributed by atoms with E-state index in [1.807, 2.05) is 12.4 Å². The van der Waals surface area contributed by atoms with Gasteiger partial charge in [-0.1, -0.05) is 0 Å². The molecule has 0 radical (unpaired) electrons. The molecule has 1 aromatic carbocycles. The molecule has 0 spiro atoms. The van der Waals surface area contributed by atoms with Gasteiger partial charge in [-0.2, -0.15) is 0 Å². The number of hydrogen-bond acceptors (Lipinski definition) is 4. The van der Waals surface area contributed by atoms with Gasteiger partial charge in [-0.3, -0.25) is 0 Å². The quantitative estimate of drug-likeness (QED) is 0.902. The van der Waals surface area contributed by atoms with Crippen molar-refractivity contribution in [1.29, 1.82) is 0 Å². The van der Waals surface area contributed by atoms with E-state index in [4.69, 9.17) is 4.74 Å². The number of hydrogen-bond donors (Lipinski definition) is 1. The Labute approximate surface area is 110 Å². The maximum atomic E-state index is 13.2. The molecule has 96 valence electrons. The first-order valence-electron chi connectivity index (χ1n) is 5.67. The normalized spacial score (nSPS) is 10.4. The van der Waals surface area contributed by atoms with E-state index in [9.17, 15) is 4.39 Å². The van der Waals surface area contributed by atoms with Gasteiger partial charge in [0, 0.05) is 29.6 Å². The Kier molecular flexibility index (Phi) is 4.15. The summed E-state index contributed by atoms with van der Waals surface area (Å²) in [6.07, 6.45) is 0.913. The molecular weight excluding hydrogens is 251 g/mol. The highest BCUT2D eigenvalue weighted by atomic mass is 32.1. The second-order valence-electron chi connectivity index (χ2n) is 3.89. The number of benzene rings is 1. The monoisotopic (exact) mass is 266 g/mol. The minimum absolute atomic E-state index is 0.258. The molecule has 0 saturated heterocycles. The first-order chi connectivity index (χ1) is 8.70. The van der Waals surface area contributed by atoms with Gasteiger partial charge in [0.05, 0.1) is 18.3 Å². The van der Waals surface area contributed by atoms with Crippen molar-refractivity contribution in [2.24, 2.45) is 0 Å². The van der Waals surface area contributed by atoms with Crippen molar-refractivity contribution in [3.8, 4) is 5.75 Å². The predicted molar refractivity (Wildman–Crippen MR) is 72.0 cm³/mol. The van der Waals surface area contributed by atoms with E-state index in [-0.39, 0.29) is 11.6 Å². The van der Waals surface area contributed by atoms with E-state index in [1.165, 1.54) is 18.1 Å². The highest BCUT2D eigenvalue weighted by Crippen LogP contribution is 2.21. The molecule has 3 nitrogen and oxygen atoms in total. The summed E-state index contributed by atoms with van der Waals surface area (Å²) < 4.78 is 18.1. The molecule has 0 saturated carbocycles. The van der Waals surface area contributed by atoms with Crippen molar-refractivity contribution < 1.29 is 9.13 Å². The average Bonchev–Trinajstić information content (AvgIpc) is 2.77. The summed E-state index contributed by atoms with van der Waals surface area (Å²) in [5, 5.41) is 3.24. The van der Waals surface area contributed by atoms with Crippen molar-refractivity contribution in [3.63, 3.8) is 0 Å². The van der Waals surface area contributed by atoms with Crippen LogP contribution in [0.4, 0.5) is 10.1 Å². The smallest absolute Gasteiger partial charge is 0.165 e. The molecule has 5 heteroatoms. The molecule has 18 heavy (non-hydrogen) atoms. The minimum Gasteiger partial charge on any atom is -0.494 e. The first kappa shape index (κ1) is 12.8. The molecular formula is C13H15FN2OS. The van der Waals surface area contributed by atoms with Crippen LogP contribution >= 0.6 is 11.3 Å². The van der Waals surface area contributed by atoms with E-state index in [0.29, 0.717) is 0 Å². The van der Waals surface area contributed by atoms with E-state index in [2.05, 4.69) is 10.3 Å². The fourth-order valence-corrected chi connectivity index (χ4v) is 2.44. The van der Waals surface area contributed by atoms with Gasteiger partial charge in [-0.25, -0.2) is 9.37 Å². The van der Waals surface area contributed by atoms with Crippen LogP contribution in [0.2, 0.25) is 0 Å². The summed E-state index contributed by atoms with van der Waals surface area (Å²) in [5.74, 6) is -0.0877. The van der Waals surface area contributed by atoms with Gasteiger partial charge in [-0.15, -0.1) is 11.3 Å². The predicted octanol–water partition coefficient (Wildman–Crippen LogP) is 3.25. The van der Waals surface area contributed by atoms with Gasteiger partial charge < -0.3 is 10.1 Å². The van der Waals surface area contributed by atoms with Crippen LogP contribution in [0.5, 0.6) is 5.75 Å². The zero-order valence-electron chi connectivity index (χ0n) is 10.4. The molecule has 0 unspecified atom stereocenters. The van der Waals surface area contributed by atoms with E-state index >= 15 is 0 Å². The molecule has 1 N–H and O–H groups in total. The van der Waals surface area contributed by atoms with Gasteiger partial charge in [0.1, 0.15) is 0 Å². The van der Waals surface area contributed by atoms with Gasteiger partial charge in [-0.05, 0) is 19.1 Å². The molecule has 0 aliphatic rings. The fraction of sp³-hybridized carbons (Fsp3) is 0.308. The Bertz CT molecular complexity index is 527. The molecule has 0 aliphatic carbocycles. The lowest BCUT2D eigenvalue weighted by atomic mass is 10.2. The molecule has 0 amide bonds. The van der Waals surface area contributed by atoms with Crippen LogP contribution in [0.3, 0.4) is 0 Å². The lowest BCUT2D eigenvalue weighted by Crippen LogP contribution is -2.05. The fourth-order valence-electron chi connectivity index (χ4n) is 1.66. The number of thiazole rings is 1. The van der Waals surface area contributed by atoms with E-state index in [1.54, 1.807) is 23.5 Å². The second kappa shape index (κ2) is 5.82.